The molecular formula is C51H63N15O11. The van der Waals surface area contributed by atoms with E-state index in [4.69, 9.17) is 36.4 Å². The molecular weight excluding hydrogens is 999 g/mol. The van der Waals surface area contributed by atoms with Crippen molar-refractivity contribution in [1.29, 1.82) is 0 Å². The molecule has 0 saturated heterocycles. The molecule has 0 saturated carbocycles. The van der Waals surface area contributed by atoms with Gasteiger partial charge in [0, 0.05) is 83.1 Å². The van der Waals surface area contributed by atoms with Crippen molar-refractivity contribution in [2.45, 2.75) is 86.2 Å². The lowest BCUT2D eigenvalue weighted by molar-refractivity contribution is -0.137. The first kappa shape index (κ1) is 57.1. The largest absolute Gasteiger partial charge is 0.494 e. The molecule has 26 heteroatoms. The number of nitrogens with one attached hydrogen (secondary N) is 2. The number of imidazole rings is 2. The van der Waals surface area contributed by atoms with Crippen LogP contribution in [0.1, 0.15) is 93.1 Å². The fourth-order valence-electron chi connectivity index (χ4n) is 8.15. The van der Waals surface area contributed by atoms with Crippen molar-refractivity contribution in [1.82, 2.24) is 48.5 Å². The zero-order valence-electron chi connectivity index (χ0n) is 44.1. The van der Waals surface area contributed by atoms with Gasteiger partial charge in [0.1, 0.15) is 33.9 Å². The number of nitrogens with two attached hydrogens (primary N) is 3. The number of imide groups is 1. The summed E-state index contributed by atoms with van der Waals surface area (Å²) in [6.45, 7) is 10.9. The lowest BCUT2D eigenvalue weighted by Crippen LogP contribution is -2.33. The highest BCUT2D eigenvalue weighted by atomic mass is 16.5. The monoisotopic (exact) mass is 1060 g/mol. The molecule has 0 fully saturated rings. The summed E-state index contributed by atoms with van der Waals surface area (Å²) in [7, 11) is 4.71. The van der Waals surface area contributed by atoms with Gasteiger partial charge in [-0.05, 0) is 77.4 Å². The minimum absolute atomic E-state index is 0.0131. The summed E-state index contributed by atoms with van der Waals surface area (Å²) in [4.78, 5) is 109. The van der Waals surface area contributed by atoms with E-state index in [0.717, 1.165) is 4.90 Å². The predicted molar refractivity (Wildman–Crippen MR) is 282 cm³/mol. The van der Waals surface area contributed by atoms with Crippen molar-refractivity contribution in [3.8, 4) is 11.5 Å². The number of nitrogens with zero attached hydrogens (tertiary/aromatic N) is 10. The Kier molecular flexibility index (Phi) is 18.8. The van der Waals surface area contributed by atoms with Gasteiger partial charge in [-0.3, -0.25) is 63.3 Å². The molecule has 26 nitrogen and oxygen atoms in total. The average molecular weight is 1060 g/mol. The van der Waals surface area contributed by atoms with Gasteiger partial charge in [-0.2, -0.15) is 10.2 Å². The molecule has 0 unspecified atom stereocenters. The number of ether oxygens (including phenoxy) is 3. The molecule has 1 aliphatic heterocycles. The second-order valence-corrected chi connectivity index (χ2v) is 17.7. The zero-order valence-corrected chi connectivity index (χ0v) is 44.1. The highest BCUT2D eigenvalue weighted by Gasteiger charge is 2.25. The minimum Gasteiger partial charge on any atom is -0.494 e. The smallest absolute Gasteiger partial charge is 0.276 e. The number of primary amides is 3. The van der Waals surface area contributed by atoms with E-state index < -0.39 is 29.5 Å². The Hall–Kier alpha value is -9.20. The zero-order chi connectivity index (χ0) is 56.2. The van der Waals surface area contributed by atoms with Crippen molar-refractivity contribution in [2.24, 2.45) is 17.2 Å². The normalized spacial score (nSPS) is 12.5. The Morgan fingerprint density at radius 1 is 0.727 bits per heavy atom. The Labute approximate surface area is 442 Å². The molecule has 408 valence electrons. The number of amides is 8. The van der Waals surface area contributed by atoms with Gasteiger partial charge >= 0.3 is 0 Å². The SMILES string of the molecule is CCn1nc(C)cc1C(=O)Nc1nc2cc(C(N)=O)cc(OC)c2n1C/C=C/Cn1c(NC(=O)c2cc(C)nn2CC)nc2cc(C(N)=O)cc(OCCCN(C)C(=O)C[C@@H](C)OC)c21.NC(=O)CCN1C(=O)C=CC1=O. The quantitative estimate of drug-likeness (QED) is 0.0331. The number of rotatable bonds is 24. The maximum atomic E-state index is 13.8. The maximum absolute atomic E-state index is 13.8. The molecule has 7 rings (SSSR count). The van der Waals surface area contributed by atoms with E-state index in [-0.39, 0.29) is 91.7 Å². The van der Waals surface area contributed by atoms with E-state index in [1.165, 1.54) is 43.5 Å². The number of fused-ring (bicyclic) bond motifs is 2. The van der Waals surface area contributed by atoms with Crippen LogP contribution in [0.3, 0.4) is 0 Å². The average Bonchev–Trinajstić information content (AvgIpc) is 4.27. The number of hydrogen-bond donors (Lipinski definition) is 5. The summed E-state index contributed by atoms with van der Waals surface area (Å²) in [6, 6.07) is 9.42. The number of aryl methyl sites for hydroxylation is 4. The van der Waals surface area contributed by atoms with Crippen molar-refractivity contribution in [3.63, 3.8) is 0 Å². The van der Waals surface area contributed by atoms with Gasteiger partial charge in [-0.1, -0.05) is 12.2 Å². The number of carbonyl (C=O) groups is 8. The van der Waals surface area contributed by atoms with Crippen molar-refractivity contribution >= 4 is 81.2 Å². The van der Waals surface area contributed by atoms with Crippen LogP contribution in [-0.2, 0) is 50.1 Å². The van der Waals surface area contributed by atoms with Crippen LogP contribution in [0.4, 0.5) is 11.9 Å². The van der Waals surface area contributed by atoms with Crippen LogP contribution in [0.5, 0.6) is 11.5 Å². The minimum atomic E-state index is -0.709. The summed E-state index contributed by atoms with van der Waals surface area (Å²) < 4.78 is 23.9. The molecule has 2 aromatic carbocycles. The van der Waals surface area contributed by atoms with Gasteiger partial charge in [0.2, 0.25) is 35.5 Å². The molecule has 1 atom stereocenters. The highest BCUT2D eigenvalue weighted by Crippen LogP contribution is 2.33. The molecule has 8 N–H and O–H groups in total. The molecule has 0 aliphatic carbocycles. The van der Waals surface area contributed by atoms with E-state index in [1.807, 2.05) is 32.9 Å². The molecule has 4 aromatic heterocycles. The lowest BCUT2D eigenvalue weighted by atomic mass is 10.1. The Morgan fingerprint density at radius 3 is 1.65 bits per heavy atom. The maximum Gasteiger partial charge on any atom is 0.276 e. The third kappa shape index (κ3) is 13.8. The van der Waals surface area contributed by atoms with Crippen LogP contribution in [0.15, 0.2) is 60.7 Å². The number of benzene rings is 2. The molecule has 1 aliphatic rings. The number of methoxy groups -OCH3 is 2. The predicted octanol–water partition coefficient (Wildman–Crippen LogP) is 2.84. The second-order valence-electron chi connectivity index (χ2n) is 17.7. The summed E-state index contributed by atoms with van der Waals surface area (Å²) in [5.74, 6) is -2.80. The lowest BCUT2D eigenvalue weighted by Gasteiger charge is -2.19. The van der Waals surface area contributed by atoms with E-state index in [2.05, 4.69) is 25.8 Å². The number of hydrogen-bond acceptors (Lipinski definition) is 15. The third-order valence-corrected chi connectivity index (χ3v) is 12.1. The summed E-state index contributed by atoms with van der Waals surface area (Å²) in [5.41, 5.74) is 20.1. The molecule has 6 aromatic rings. The molecule has 0 spiro atoms. The first-order valence-corrected chi connectivity index (χ1v) is 24.5. The summed E-state index contributed by atoms with van der Waals surface area (Å²) in [5, 5.41) is 14.6. The van der Waals surface area contributed by atoms with Crippen LogP contribution < -0.4 is 37.3 Å². The van der Waals surface area contributed by atoms with Crippen LogP contribution in [0, 0.1) is 13.8 Å². The van der Waals surface area contributed by atoms with Crippen LogP contribution in [0.25, 0.3) is 22.1 Å². The fourth-order valence-corrected chi connectivity index (χ4v) is 8.15. The molecule has 0 radical (unpaired) electrons. The van der Waals surface area contributed by atoms with Gasteiger partial charge in [0.15, 0.2) is 0 Å². The van der Waals surface area contributed by atoms with Crippen LogP contribution in [0.2, 0.25) is 0 Å². The Balaban J connectivity index is 0.000000705. The first-order valence-electron chi connectivity index (χ1n) is 24.5. The number of carbonyl (C=O) groups excluding carboxylic acids is 8. The Bertz CT molecular complexity index is 3290. The second kappa shape index (κ2) is 25.4. The van der Waals surface area contributed by atoms with E-state index in [0.29, 0.717) is 76.6 Å². The van der Waals surface area contributed by atoms with Gasteiger partial charge < -0.3 is 45.4 Å². The third-order valence-electron chi connectivity index (χ3n) is 12.1. The van der Waals surface area contributed by atoms with Crippen LogP contribution >= 0.6 is 0 Å². The number of aromatic nitrogens is 8. The summed E-state index contributed by atoms with van der Waals surface area (Å²) in [6.07, 6.45) is 6.45. The van der Waals surface area contributed by atoms with Gasteiger partial charge in [-0.25, -0.2) is 9.97 Å². The van der Waals surface area contributed by atoms with Crippen molar-refractivity contribution in [2.75, 3.05) is 51.6 Å². The molecule has 77 heavy (non-hydrogen) atoms. The van der Waals surface area contributed by atoms with Crippen LogP contribution in [-0.4, -0.2) is 143 Å². The molecule has 0 bridgehead atoms. The number of allylic oxidation sites excluding steroid dienone is 2. The fraction of sp³-hybridized carbons (Fsp3) is 0.373. The summed E-state index contributed by atoms with van der Waals surface area (Å²) >= 11 is 0. The van der Waals surface area contributed by atoms with E-state index in [1.54, 1.807) is 63.5 Å². The van der Waals surface area contributed by atoms with Crippen molar-refractivity contribution < 1.29 is 52.6 Å². The first-order chi connectivity index (χ1) is 36.7. The molecule has 5 heterocycles. The molecule has 8 amide bonds. The topological polar surface area (TPSA) is 344 Å². The van der Waals surface area contributed by atoms with Gasteiger partial charge in [0.05, 0.1) is 48.7 Å². The van der Waals surface area contributed by atoms with E-state index in [9.17, 15) is 38.4 Å². The van der Waals surface area contributed by atoms with Gasteiger partial charge in [-0.15, -0.1) is 0 Å². The van der Waals surface area contributed by atoms with Crippen molar-refractivity contribution in [3.05, 3.63) is 94.6 Å². The van der Waals surface area contributed by atoms with Gasteiger partial charge in [0.25, 0.3) is 23.6 Å². The standard InChI is InChI=1S/C44H55N13O8.C7H8N2O3/c1-9-56-32(18-25(3)51-56)41(61)49-43-47-30-21-28(39(45)59)23-34(64-8)37(30)54(43)15-11-12-16-55-38-31(48-44(55)50-42(62)33-19-26(4)52-57(33)10-2)22-29(40(46)60)24-35(38)65-17-13-14-53(6)36(58)20-27(5)63-7;8-5(10)3-4-9-6(11)1-2-7(9)12/h11-12,18-19,21-24,27H,9-10,13-17,20H2,1-8H3,(H2,45,59)(H2,46,60)(H,47,49,61)(H,48,50,62);1-2H,3-4H2,(H2,8,10)/b12-11+;/t27-;/m1./s1. The Morgan fingerprint density at radius 2 is 1.21 bits per heavy atom. The highest BCUT2D eigenvalue weighted by molar-refractivity contribution is 6.13. The van der Waals surface area contributed by atoms with E-state index >= 15 is 0 Å². The number of anilines is 2.